The van der Waals surface area contributed by atoms with Gasteiger partial charge in [-0.25, -0.2) is 4.79 Å². The van der Waals surface area contributed by atoms with E-state index in [4.69, 9.17) is 0 Å². The first-order chi connectivity index (χ1) is 14.0. The second kappa shape index (κ2) is 7.87. The fourth-order valence-corrected chi connectivity index (χ4v) is 3.54. The lowest BCUT2D eigenvalue weighted by Crippen LogP contribution is -2.40. The minimum atomic E-state index is -0.0316. The molecule has 0 N–H and O–H groups in total. The average molecular weight is 388 g/mol. The fraction of sp³-hybridized carbons (Fsp3) is 0.273. The van der Waals surface area contributed by atoms with Crippen LogP contribution in [-0.4, -0.2) is 56.5 Å². The first kappa shape index (κ1) is 18.9. The lowest BCUT2D eigenvalue weighted by atomic mass is 10.1. The van der Waals surface area contributed by atoms with Crippen LogP contribution in [0.25, 0.3) is 16.6 Å². The molecule has 7 nitrogen and oxygen atoms in total. The van der Waals surface area contributed by atoms with Crippen molar-refractivity contribution in [1.82, 2.24) is 29.8 Å². The zero-order chi connectivity index (χ0) is 20.4. The molecule has 148 valence electrons. The molecule has 0 saturated carbocycles. The molecule has 0 aliphatic rings. The molecule has 4 rings (SSSR count). The van der Waals surface area contributed by atoms with E-state index < -0.39 is 0 Å². The topological polar surface area (TPSA) is 66.6 Å². The van der Waals surface area contributed by atoms with Gasteiger partial charge in [0.2, 0.25) is 0 Å². The van der Waals surface area contributed by atoms with Crippen LogP contribution in [-0.2, 0) is 13.0 Å². The molecule has 0 atom stereocenters. The molecule has 0 bridgehead atoms. The predicted octanol–water partition coefficient (Wildman–Crippen LogP) is 3.31. The highest BCUT2D eigenvalue weighted by Gasteiger charge is 2.19. The zero-order valence-electron chi connectivity index (χ0n) is 16.9. The number of carbonyl (C=O) groups excluding carboxylic acids is 1. The molecular formula is C22H24N6O. The molecule has 7 heteroatoms. The first-order valence-electron chi connectivity index (χ1n) is 9.63. The molecule has 29 heavy (non-hydrogen) atoms. The monoisotopic (exact) mass is 388 g/mol. The molecule has 2 amide bonds. The molecule has 0 aliphatic carbocycles. The van der Waals surface area contributed by atoms with E-state index >= 15 is 0 Å². The lowest BCUT2D eigenvalue weighted by molar-refractivity contribution is 0.169. The Hall–Kier alpha value is -3.48. The minimum absolute atomic E-state index is 0.0316. The number of hydrogen-bond acceptors (Lipinski definition) is 4. The molecule has 0 saturated heterocycles. The van der Waals surface area contributed by atoms with E-state index in [2.05, 4.69) is 46.7 Å². The average Bonchev–Trinajstić information content (AvgIpc) is 3.21. The molecule has 2 aromatic carbocycles. The predicted molar refractivity (Wildman–Crippen MR) is 113 cm³/mol. The number of fused-ring (bicyclic) bond motifs is 3. The largest absolute Gasteiger partial charge is 0.331 e. The van der Waals surface area contributed by atoms with Crippen molar-refractivity contribution >= 4 is 22.6 Å². The summed E-state index contributed by atoms with van der Waals surface area (Å²) in [7, 11) is 3.55. The Bertz CT molecular complexity index is 1150. The number of amides is 2. The Balaban J connectivity index is 1.69. The van der Waals surface area contributed by atoms with Crippen LogP contribution in [0.15, 0.2) is 54.6 Å². The van der Waals surface area contributed by atoms with Crippen molar-refractivity contribution in [1.29, 1.82) is 0 Å². The van der Waals surface area contributed by atoms with Gasteiger partial charge in [-0.15, -0.1) is 5.10 Å². The van der Waals surface area contributed by atoms with Gasteiger partial charge in [0, 0.05) is 31.6 Å². The van der Waals surface area contributed by atoms with Gasteiger partial charge in [0.1, 0.15) is 0 Å². The van der Waals surface area contributed by atoms with Crippen molar-refractivity contribution in [2.24, 2.45) is 0 Å². The number of urea groups is 1. The number of carbonyl (C=O) groups is 1. The van der Waals surface area contributed by atoms with Gasteiger partial charge in [-0.2, -0.15) is 4.52 Å². The Morgan fingerprint density at radius 3 is 2.62 bits per heavy atom. The normalized spacial score (nSPS) is 11.1. The molecule has 0 aliphatic heterocycles. The van der Waals surface area contributed by atoms with E-state index in [9.17, 15) is 4.79 Å². The van der Waals surface area contributed by atoms with Gasteiger partial charge in [-0.3, -0.25) is 0 Å². The van der Waals surface area contributed by atoms with E-state index in [0.717, 1.165) is 22.9 Å². The summed E-state index contributed by atoms with van der Waals surface area (Å²) in [6.07, 6.45) is 0.786. The van der Waals surface area contributed by atoms with Crippen molar-refractivity contribution in [3.05, 3.63) is 71.3 Å². The van der Waals surface area contributed by atoms with Gasteiger partial charge in [-0.1, -0.05) is 42.0 Å². The first-order valence-corrected chi connectivity index (χ1v) is 9.63. The smallest absolute Gasteiger partial charge is 0.319 e. The summed E-state index contributed by atoms with van der Waals surface area (Å²) >= 11 is 0. The van der Waals surface area contributed by atoms with Crippen LogP contribution in [0.2, 0.25) is 0 Å². The second-order valence-corrected chi connectivity index (χ2v) is 7.48. The van der Waals surface area contributed by atoms with Crippen molar-refractivity contribution in [2.45, 2.75) is 19.9 Å². The molecule has 2 aromatic heterocycles. The van der Waals surface area contributed by atoms with Gasteiger partial charge in [0.25, 0.3) is 0 Å². The number of rotatable bonds is 5. The van der Waals surface area contributed by atoms with Crippen molar-refractivity contribution in [2.75, 3.05) is 20.6 Å². The highest BCUT2D eigenvalue weighted by Crippen LogP contribution is 2.22. The van der Waals surface area contributed by atoms with Gasteiger partial charge in [-0.05, 0) is 47.5 Å². The Labute approximate surface area is 169 Å². The highest BCUT2D eigenvalue weighted by atomic mass is 16.2. The Kier molecular flexibility index (Phi) is 5.12. The summed E-state index contributed by atoms with van der Waals surface area (Å²) in [4.78, 5) is 16.3. The summed E-state index contributed by atoms with van der Waals surface area (Å²) in [6.45, 7) is 3.11. The van der Waals surface area contributed by atoms with E-state index in [1.54, 1.807) is 23.5 Å². The maximum absolute atomic E-state index is 12.9. The molecule has 0 spiro atoms. The third-order valence-electron chi connectivity index (χ3n) is 5.03. The van der Waals surface area contributed by atoms with E-state index in [1.807, 2.05) is 35.2 Å². The highest BCUT2D eigenvalue weighted by molar-refractivity contribution is 5.84. The number of hydrogen-bond donors (Lipinski definition) is 0. The van der Waals surface area contributed by atoms with E-state index in [0.29, 0.717) is 18.7 Å². The van der Waals surface area contributed by atoms with Crippen LogP contribution in [0.4, 0.5) is 4.79 Å². The number of aryl methyl sites for hydroxylation is 1. The summed E-state index contributed by atoms with van der Waals surface area (Å²) in [5.74, 6) is 0. The zero-order valence-corrected chi connectivity index (χ0v) is 16.9. The third-order valence-corrected chi connectivity index (χ3v) is 5.03. The number of nitrogens with zero attached hydrogens (tertiary/aromatic N) is 6. The maximum Gasteiger partial charge on any atom is 0.319 e. The summed E-state index contributed by atoms with van der Waals surface area (Å²) in [6, 6.07) is 18.4. The summed E-state index contributed by atoms with van der Waals surface area (Å²) in [5, 5.41) is 13.3. The molecule has 0 fully saturated rings. The van der Waals surface area contributed by atoms with Crippen LogP contribution in [0.3, 0.4) is 0 Å². The van der Waals surface area contributed by atoms with Gasteiger partial charge < -0.3 is 9.80 Å². The number of tetrazole rings is 1. The second-order valence-electron chi connectivity index (χ2n) is 7.48. The quantitative estimate of drug-likeness (QED) is 0.526. The van der Waals surface area contributed by atoms with Crippen molar-refractivity contribution in [3.8, 4) is 0 Å². The molecule has 2 heterocycles. The van der Waals surface area contributed by atoms with Crippen molar-refractivity contribution in [3.63, 3.8) is 0 Å². The summed E-state index contributed by atoms with van der Waals surface area (Å²) in [5.41, 5.74) is 4.93. The Morgan fingerprint density at radius 2 is 1.86 bits per heavy atom. The van der Waals surface area contributed by atoms with Crippen LogP contribution in [0, 0.1) is 6.92 Å². The van der Waals surface area contributed by atoms with E-state index in [1.165, 1.54) is 11.1 Å². The van der Waals surface area contributed by atoms with E-state index in [-0.39, 0.29) is 6.03 Å². The SMILES string of the molecule is Cc1ccc2c(c1)cc(CN(CCc1ccccc1)C(=O)N(C)C)c1nnnn12. The molecule has 0 radical (unpaired) electrons. The van der Waals surface area contributed by atoms with Crippen molar-refractivity contribution < 1.29 is 4.79 Å². The van der Waals surface area contributed by atoms with Crippen LogP contribution < -0.4 is 0 Å². The van der Waals surface area contributed by atoms with Crippen LogP contribution in [0.5, 0.6) is 0 Å². The molecular weight excluding hydrogens is 364 g/mol. The molecule has 0 unspecified atom stereocenters. The third kappa shape index (κ3) is 3.89. The Morgan fingerprint density at radius 1 is 1.07 bits per heavy atom. The standard InChI is InChI=1S/C22H24N6O/c1-16-9-10-20-18(13-16)14-19(21-23-24-25-28(20)21)15-27(22(29)26(2)3)12-11-17-7-5-4-6-8-17/h4-10,13-14H,11-12,15H2,1-3H3. The minimum Gasteiger partial charge on any atom is -0.331 e. The number of aromatic nitrogens is 4. The van der Waals surface area contributed by atoms with Crippen LogP contribution >= 0.6 is 0 Å². The lowest BCUT2D eigenvalue weighted by Gasteiger charge is -2.26. The van der Waals surface area contributed by atoms with Gasteiger partial charge >= 0.3 is 6.03 Å². The number of pyridine rings is 1. The maximum atomic E-state index is 12.9. The summed E-state index contributed by atoms with van der Waals surface area (Å²) < 4.78 is 1.75. The van der Waals surface area contributed by atoms with Crippen LogP contribution in [0.1, 0.15) is 16.7 Å². The number of benzene rings is 2. The van der Waals surface area contributed by atoms with Gasteiger partial charge in [0.15, 0.2) is 5.65 Å². The fourth-order valence-electron chi connectivity index (χ4n) is 3.54. The molecule has 4 aromatic rings. The van der Waals surface area contributed by atoms with Gasteiger partial charge in [0.05, 0.1) is 12.1 Å².